The van der Waals surface area contributed by atoms with E-state index in [1.807, 2.05) is 12.1 Å². The second-order valence-electron chi connectivity index (χ2n) is 9.27. The summed E-state index contributed by atoms with van der Waals surface area (Å²) in [6.07, 6.45) is 4.46. The SMILES string of the molecule is O=C(Nc1cccc(F)c1)C1CCCN(c2ccc3cc(S(=O)(=O)N4CCCCC4)ccc3n2)C1. The molecule has 7 nitrogen and oxygen atoms in total. The highest BCUT2D eigenvalue weighted by Crippen LogP contribution is 2.28. The van der Waals surface area contributed by atoms with Crippen LogP contribution in [0.25, 0.3) is 10.9 Å². The number of fused-ring (bicyclic) bond motifs is 1. The number of aromatic nitrogens is 1. The van der Waals surface area contributed by atoms with Crippen LogP contribution in [0.4, 0.5) is 15.9 Å². The van der Waals surface area contributed by atoms with Crippen LogP contribution < -0.4 is 10.2 Å². The molecule has 0 spiro atoms. The fourth-order valence-corrected chi connectivity index (χ4v) is 6.45. The summed E-state index contributed by atoms with van der Waals surface area (Å²) in [5, 5.41) is 3.58. The average Bonchev–Trinajstić information content (AvgIpc) is 2.88. The van der Waals surface area contributed by atoms with Crippen molar-refractivity contribution in [3.05, 3.63) is 60.4 Å². The Hall–Kier alpha value is -3.04. The summed E-state index contributed by atoms with van der Waals surface area (Å²) >= 11 is 0. The van der Waals surface area contributed by atoms with Crippen molar-refractivity contribution in [2.45, 2.75) is 37.0 Å². The zero-order valence-electron chi connectivity index (χ0n) is 19.5. The largest absolute Gasteiger partial charge is 0.356 e. The van der Waals surface area contributed by atoms with Gasteiger partial charge in [-0.15, -0.1) is 0 Å². The van der Waals surface area contributed by atoms with Crippen molar-refractivity contribution in [1.82, 2.24) is 9.29 Å². The maximum atomic E-state index is 13.5. The molecule has 2 aliphatic rings. The highest BCUT2D eigenvalue weighted by atomic mass is 32.2. The van der Waals surface area contributed by atoms with Crippen molar-refractivity contribution in [2.24, 2.45) is 5.92 Å². The molecule has 3 heterocycles. The van der Waals surface area contributed by atoms with Crippen LogP contribution in [0, 0.1) is 11.7 Å². The molecule has 0 saturated carbocycles. The number of benzene rings is 2. The second kappa shape index (κ2) is 9.91. The quantitative estimate of drug-likeness (QED) is 0.566. The Kier molecular flexibility index (Phi) is 6.71. The molecular weight excluding hydrogens is 467 g/mol. The molecule has 1 amide bonds. The first-order valence-electron chi connectivity index (χ1n) is 12.1. The normalized spacial score (nSPS) is 19.6. The number of piperidine rings is 2. The molecular formula is C26H29FN4O3S. The summed E-state index contributed by atoms with van der Waals surface area (Å²) in [5.74, 6) is 0.00272. The van der Waals surface area contributed by atoms with E-state index in [-0.39, 0.29) is 17.6 Å². The third kappa shape index (κ3) is 5.16. The number of rotatable bonds is 5. The summed E-state index contributed by atoms with van der Waals surface area (Å²) in [4.78, 5) is 19.9. The van der Waals surface area contributed by atoms with Gasteiger partial charge in [-0.05, 0) is 74.2 Å². The number of anilines is 2. The number of carbonyl (C=O) groups is 1. The molecule has 1 aromatic heterocycles. The lowest BCUT2D eigenvalue weighted by atomic mass is 9.97. The minimum atomic E-state index is -3.50. The molecule has 2 aliphatic heterocycles. The highest BCUT2D eigenvalue weighted by Gasteiger charge is 2.28. The standard InChI is InChI=1S/C26H29FN4O3S/c27-21-7-4-8-22(17-21)28-26(32)20-6-5-13-30(18-20)25-12-9-19-16-23(10-11-24(19)29-25)35(33,34)31-14-2-1-3-15-31/h4,7-12,16-17,20H,1-3,5-6,13-15,18H2,(H,28,32). The minimum Gasteiger partial charge on any atom is -0.356 e. The minimum absolute atomic E-state index is 0.131. The molecule has 1 unspecified atom stereocenters. The van der Waals surface area contributed by atoms with Crippen LogP contribution in [-0.4, -0.2) is 49.8 Å². The van der Waals surface area contributed by atoms with E-state index in [0.29, 0.717) is 35.7 Å². The fraction of sp³-hybridized carbons (Fsp3) is 0.385. The number of halogens is 1. The van der Waals surface area contributed by atoms with Gasteiger partial charge in [0, 0.05) is 37.3 Å². The van der Waals surface area contributed by atoms with Gasteiger partial charge >= 0.3 is 0 Å². The number of pyridine rings is 1. The van der Waals surface area contributed by atoms with Gasteiger partial charge in [-0.2, -0.15) is 4.31 Å². The smallest absolute Gasteiger partial charge is 0.243 e. The van der Waals surface area contributed by atoms with E-state index in [9.17, 15) is 17.6 Å². The summed E-state index contributed by atoms with van der Waals surface area (Å²) in [7, 11) is -3.50. The van der Waals surface area contributed by atoms with Gasteiger partial charge in [0.15, 0.2) is 0 Å². The first kappa shape index (κ1) is 23.7. The summed E-state index contributed by atoms with van der Waals surface area (Å²) in [6.45, 7) is 2.44. The number of nitrogens with one attached hydrogen (secondary N) is 1. The van der Waals surface area contributed by atoms with Crippen LogP contribution in [-0.2, 0) is 14.8 Å². The maximum absolute atomic E-state index is 13.5. The third-order valence-electron chi connectivity index (χ3n) is 6.81. The van der Waals surface area contributed by atoms with E-state index in [2.05, 4.69) is 10.2 Å². The van der Waals surface area contributed by atoms with Gasteiger partial charge in [0.05, 0.1) is 16.3 Å². The number of carbonyl (C=O) groups excluding carboxylic acids is 1. The molecule has 0 radical (unpaired) electrons. The predicted molar refractivity (Wildman–Crippen MR) is 134 cm³/mol. The Morgan fingerprint density at radius 2 is 1.80 bits per heavy atom. The van der Waals surface area contributed by atoms with E-state index in [1.54, 1.807) is 34.6 Å². The zero-order valence-corrected chi connectivity index (χ0v) is 20.3. The van der Waals surface area contributed by atoms with Crippen LogP contribution in [0.5, 0.6) is 0 Å². The molecule has 1 atom stereocenters. The van der Waals surface area contributed by atoms with Gasteiger partial charge in [0.25, 0.3) is 0 Å². The molecule has 2 fully saturated rings. The van der Waals surface area contributed by atoms with Crippen molar-refractivity contribution < 1.29 is 17.6 Å². The molecule has 2 saturated heterocycles. The Bertz CT molecular complexity index is 1340. The molecule has 35 heavy (non-hydrogen) atoms. The number of hydrogen-bond donors (Lipinski definition) is 1. The average molecular weight is 497 g/mol. The van der Waals surface area contributed by atoms with Crippen molar-refractivity contribution in [3.63, 3.8) is 0 Å². The van der Waals surface area contributed by atoms with Crippen molar-refractivity contribution in [3.8, 4) is 0 Å². The Morgan fingerprint density at radius 1 is 0.971 bits per heavy atom. The first-order chi connectivity index (χ1) is 16.9. The van der Waals surface area contributed by atoms with Gasteiger partial charge in [-0.25, -0.2) is 17.8 Å². The maximum Gasteiger partial charge on any atom is 0.243 e. The number of nitrogens with zero attached hydrogens (tertiary/aromatic N) is 3. The van der Waals surface area contributed by atoms with Crippen LogP contribution in [0.1, 0.15) is 32.1 Å². The first-order valence-corrected chi connectivity index (χ1v) is 13.6. The fourth-order valence-electron chi connectivity index (χ4n) is 4.89. The lowest BCUT2D eigenvalue weighted by Gasteiger charge is -2.33. The van der Waals surface area contributed by atoms with Gasteiger partial charge in [-0.3, -0.25) is 4.79 Å². The summed E-state index contributed by atoms with van der Waals surface area (Å²) < 4.78 is 41.1. The zero-order chi connectivity index (χ0) is 24.4. The van der Waals surface area contributed by atoms with Crippen molar-refractivity contribution in [2.75, 3.05) is 36.4 Å². The predicted octanol–water partition coefficient (Wildman–Crippen LogP) is 4.40. The third-order valence-corrected chi connectivity index (χ3v) is 8.70. The van der Waals surface area contributed by atoms with Gasteiger partial charge in [0.1, 0.15) is 11.6 Å². The highest BCUT2D eigenvalue weighted by molar-refractivity contribution is 7.89. The van der Waals surface area contributed by atoms with Crippen LogP contribution in [0.15, 0.2) is 59.5 Å². The number of amides is 1. The lowest BCUT2D eigenvalue weighted by molar-refractivity contribution is -0.120. The second-order valence-corrected chi connectivity index (χ2v) is 11.2. The van der Waals surface area contributed by atoms with E-state index >= 15 is 0 Å². The van der Waals surface area contributed by atoms with E-state index in [0.717, 1.165) is 49.9 Å². The molecule has 0 bridgehead atoms. The summed E-state index contributed by atoms with van der Waals surface area (Å²) in [5.41, 5.74) is 1.16. The van der Waals surface area contributed by atoms with Crippen LogP contribution in [0.3, 0.4) is 0 Å². The molecule has 3 aromatic rings. The Balaban J connectivity index is 1.31. The van der Waals surface area contributed by atoms with Gasteiger partial charge in [-0.1, -0.05) is 12.5 Å². The van der Waals surface area contributed by atoms with Crippen LogP contribution in [0.2, 0.25) is 0 Å². The topological polar surface area (TPSA) is 82.6 Å². The Labute approximate surface area is 205 Å². The molecule has 2 aromatic carbocycles. The lowest BCUT2D eigenvalue weighted by Crippen LogP contribution is -2.41. The van der Waals surface area contributed by atoms with Crippen molar-refractivity contribution in [1.29, 1.82) is 0 Å². The summed E-state index contributed by atoms with van der Waals surface area (Å²) in [6, 6.07) is 14.8. The van der Waals surface area contributed by atoms with Gasteiger partial charge in [0.2, 0.25) is 15.9 Å². The molecule has 0 aliphatic carbocycles. The Morgan fingerprint density at radius 3 is 2.60 bits per heavy atom. The van der Waals surface area contributed by atoms with Crippen LogP contribution >= 0.6 is 0 Å². The molecule has 184 valence electrons. The van der Waals surface area contributed by atoms with E-state index < -0.39 is 10.0 Å². The van der Waals surface area contributed by atoms with Gasteiger partial charge < -0.3 is 10.2 Å². The number of hydrogen-bond acceptors (Lipinski definition) is 5. The molecule has 1 N–H and O–H groups in total. The number of sulfonamides is 1. The van der Waals surface area contributed by atoms with E-state index in [1.165, 1.54) is 12.1 Å². The van der Waals surface area contributed by atoms with Crippen molar-refractivity contribution >= 4 is 38.3 Å². The van der Waals surface area contributed by atoms with E-state index in [4.69, 9.17) is 4.98 Å². The molecule has 9 heteroatoms. The monoisotopic (exact) mass is 496 g/mol. The molecule has 5 rings (SSSR count).